The number of nitro groups is 1. The number of benzene rings is 1. The minimum atomic E-state index is -0.447. The van der Waals surface area contributed by atoms with Crippen LogP contribution in [-0.4, -0.2) is 54.1 Å². The van der Waals surface area contributed by atoms with E-state index in [1.54, 1.807) is 13.0 Å². The number of aryl methyl sites for hydroxylation is 1. The number of nitrogens with one attached hydrogen (secondary N) is 1. The summed E-state index contributed by atoms with van der Waals surface area (Å²) >= 11 is 0. The number of rotatable bonds is 5. The average Bonchev–Trinajstić information content (AvgIpc) is 2.45. The molecule has 0 saturated carbocycles. The zero-order valence-corrected chi connectivity index (χ0v) is 13.7. The molecule has 7 heteroatoms. The Hall–Kier alpha value is -1.99. The average molecular weight is 321 g/mol. The molecule has 1 aliphatic heterocycles. The molecule has 2 rings (SSSR count). The van der Waals surface area contributed by atoms with Crippen LogP contribution in [-0.2, 0) is 4.74 Å². The summed E-state index contributed by atoms with van der Waals surface area (Å²) in [7, 11) is 0. The van der Waals surface area contributed by atoms with Crippen LogP contribution in [0.1, 0.15) is 29.8 Å². The third kappa shape index (κ3) is 4.74. The summed E-state index contributed by atoms with van der Waals surface area (Å²) in [4.78, 5) is 24.7. The summed E-state index contributed by atoms with van der Waals surface area (Å²) < 4.78 is 5.67. The van der Waals surface area contributed by atoms with E-state index in [0.29, 0.717) is 17.7 Å². The van der Waals surface area contributed by atoms with Gasteiger partial charge in [0.1, 0.15) is 0 Å². The van der Waals surface area contributed by atoms with E-state index in [9.17, 15) is 14.9 Å². The summed E-state index contributed by atoms with van der Waals surface area (Å²) in [5.41, 5.74) is 0.952. The maximum absolute atomic E-state index is 12.1. The smallest absolute Gasteiger partial charge is 0.272 e. The van der Waals surface area contributed by atoms with Crippen LogP contribution in [0.4, 0.5) is 5.69 Å². The molecule has 1 aromatic carbocycles. The summed E-state index contributed by atoms with van der Waals surface area (Å²) in [6.45, 7) is 8.73. The second-order valence-corrected chi connectivity index (χ2v) is 6.03. The highest BCUT2D eigenvalue weighted by Gasteiger charge is 2.21. The number of hydrogen-bond donors (Lipinski definition) is 1. The Morgan fingerprint density at radius 1 is 1.39 bits per heavy atom. The monoisotopic (exact) mass is 321 g/mol. The van der Waals surface area contributed by atoms with Gasteiger partial charge in [0.05, 0.1) is 17.1 Å². The Morgan fingerprint density at radius 3 is 2.61 bits per heavy atom. The fourth-order valence-electron chi connectivity index (χ4n) is 2.90. The molecule has 2 atom stereocenters. The van der Waals surface area contributed by atoms with Gasteiger partial charge >= 0.3 is 0 Å². The number of nitrogens with zero attached hydrogens (tertiary/aromatic N) is 2. The molecule has 1 heterocycles. The Bertz CT molecular complexity index is 581. The zero-order valence-electron chi connectivity index (χ0n) is 13.7. The summed E-state index contributed by atoms with van der Waals surface area (Å²) in [5, 5.41) is 13.7. The van der Waals surface area contributed by atoms with Crippen LogP contribution < -0.4 is 5.32 Å². The highest BCUT2D eigenvalue weighted by Crippen LogP contribution is 2.18. The molecule has 0 bridgehead atoms. The van der Waals surface area contributed by atoms with Gasteiger partial charge in [-0.1, -0.05) is 0 Å². The van der Waals surface area contributed by atoms with Crippen LogP contribution in [0.5, 0.6) is 0 Å². The first-order valence-corrected chi connectivity index (χ1v) is 7.78. The summed E-state index contributed by atoms with van der Waals surface area (Å²) in [6.07, 6.45) is 0.401. The van der Waals surface area contributed by atoms with E-state index in [1.165, 1.54) is 12.1 Å². The number of ether oxygens (including phenoxy) is 1. The minimum Gasteiger partial charge on any atom is -0.373 e. The second-order valence-electron chi connectivity index (χ2n) is 6.03. The molecule has 1 N–H and O–H groups in total. The first-order valence-electron chi connectivity index (χ1n) is 7.78. The van der Waals surface area contributed by atoms with E-state index in [2.05, 4.69) is 10.2 Å². The normalized spacial score (nSPS) is 21.9. The van der Waals surface area contributed by atoms with Crippen LogP contribution in [0.3, 0.4) is 0 Å². The lowest BCUT2D eigenvalue weighted by Gasteiger charge is -2.35. The number of carbonyl (C=O) groups is 1. The van der Waals surface area contributed by atoms with Crippen molar-refractivity contribution in [2.45, 2.75) is 33.0 Å². The van der Waals surface area contributed by atoms with Gasteiger partial charge in [0.15, 0.2) is 0 Å². The lowest BCUT2D eigenvalue weighted by Crippen LogP contribution is -2.47. The molecule has 1 amide bonds. The predicted octanol–water partition coefficient (Wildman–Crippen LogP) is 1.74. The van der Waals surface area contributed by atoms with Crippen LogP contribution in [0, 0.1) is 17.0 Å². The van der Waals surface area contributed by atoms with Gasteiger partial charge in [-0.2, -0.15) is 0 Å². The van der Waals surface area contributed by atoms with Crippen LogP contribution in [0.25, 0.3) is 0 Å². The van der Waals surface area contributed by atoms with Crippen molar-refractivity contribution in [3.8, 4) is 0 Å². The van der Waals surface area contributed by atoms with Crippen molar-refractivity contribution in [1.29, 1.82) is 0 Å². The molecule has 126 valence electrons. The van der Waals surface area contributed by atoms with Crippen molar-refractivity contribution in [3.63, 3.8) is 0 Å². The third-order valence-electron chi connectivity index (χ3n) is 3.86. The quantitative estimate of drug-likeness (QED) is 0.659. The molecule has 1 fully saturated rings. The Labute approximate surface area is 135 Å². The molecule has 0 aliphatic carbocycles. The van der Waals surface area contributed by atoms with Crippen LogP contribution in [0.15, 0.2) is 18.2 Å². The Balaban J connectivity index is 1.85. The van der Waals surface area contributed by atoms with Gasteiger partial charge in [-0.3, -0.25) is 19.8 Å². The molecule has 0 radical (unpaired) electrons. The molecule has 1 saturated heterocycles. The van der Waals surface area contributed by atoms with Crippen molar-refractivity contribution in [1.82, 2.24) is 10.2 Å². The van der Waals surface area contributed by atoms with Crippen molar-refractivity contribution in [3.05, 3.63) is 39.4 Å². The second kappa shape index (κ2) is 7.52. The van der Waals surface area contributed by atoms with Gasteiger partial charge in [0, 0.05) is 43.4 Å². The molecule has 7 nitrogen and oxygen atoms in total. The van der Waals surface area contributed by atoms with Crippen LogP contribution >= 0.6 is 0 Å². The fraction of sp³-hybridized carbons (Fsp3) is 0.562. The van der Waals surface area contributed by atoms with Gasteiger partial charge < -0.3 is 10.1 Å². The summed E-state index contributed by atoms with van der Waals surface area (Å²) in [5.74, 6) is -0.211. The molecule has 1 aliphatic rings. The molecule has 2 unspecified atom stereocenters. The van der Waals surface area contributed by atoms with Crippen molar-refractivity contribution >= 4 is 11.6 Å². The van der Waals surface area contributed by atoms with E-state index in [4.69, 9.17) is 4.74 Å². The van der Waals surface area contributed by atoms with Crippen molar-refractivity contribution < 1.29 is 14.5 Å². The molecule has 1 aromatic rings. The molecule has 23 heavy (non-hydrogen) atoms. The first-order chi connectivity index (χ1) is 10.9. The van der Waals surface area contributed by atoms with E-state index in [0.717, 1.165) is 19.6 Å². The highest BCUT2D eigenvalue weighted by atomic mass is 16.6. The number of hydrogen-bond acceptors (Lipinski definition) is 5. The maximum atomic E-state index is 12.1. The lowest BCUT2D eigenvalue weighted by molar-refractivity contribution is -0.385. The number of amides is 1. The minimum absolute atomic E-state index is 0.0258. The highest BCUT2D eigenvalue weighted by molar-refractivity contribution is 5.94. The third-order valence-corrected chi connectivity index (χ3v) is 3.86. The largest absolute Gasteiger partial charge is 0.373 e. The maximum Gasteiger partial charge on any atom is 0.272 e. The van der Waals surface area contributed by atoms with Gasteiger partial charge in [0.25, 0.3) is 11.6 Å². The fourth-order valence-corrected chi connectivity index (χ4v) is 2.90. The van der Waals surface area contributed by atoms with E-state index in [1.807, 2.05) is 13.8 Å². The predicted molar refractivity (Wildman–Crippen MR) is 86.6 cm³/mol. The topological polar surface area (TPSA) is 84.7 Å². The number of nitro benzene ring substituents is 1. The summed E-state index contributed by atoms with van der Waals surface area (Å²) in [6, 6.07) is 4.40. The van der Waals surface area contributed by atoms with Crippen molar-refractivity contribution in [2.75, 3.05) is 26.2 Å². The Kier molecular flexibility index (Phi) is 5.68. The van der Waals surface area contributed by atoms with E-state index >= 15 is 0 Å². The van der Waals surface area contributed by atoms with Gasteiger partial charge in [-0.25, -0.2) is 0 Å². The first kappa shape index (κ1) is 17.4. The number of morpholine rings is 1. The lowest BCUT2D eigenvalue weighted by atomic mass is 10.1. The standard InChI is InChI=1S/C16H23N3O4/c1-11-8-14(4-5-15(11)19(21)22)16(20)17-6-7-18-9-12(2)23-13(3)10-18/h4-5,8,12-13H,6-7,9-10H2,1-3H3,(H,17,20). The van der Waals surface area contributed by atoms with E-state index in [-0.39, 0.29) is 23.8 Å². The van der Waals surface area contributed by atoms with Gasteiger partial charge in [-0.05, 0) is 32.9 Å². The Morgan fingerprint density at radius 2 is 2.04 bits per heavy atom. The zero-order chi connectivity index (χ0) is 17.0. The number of carbonyl (C=O) groups excluding carboxylic acids is 1. The SMILES string of the molecule is Cc1cc(C(=O)NCCN2CC(C)OC(C)C2)ccc1[N+](=O)[O-]. The van der Waals surface area contributed by atoms with Gasteiger partial charge in [0.2, 0.25) is 0 Å². The molecular formula is C16H23N3O4. The molecular weight excluding hydrogens is 298 g/mol. The van der Waals surface area contributed by atoms with Crippen LogP contribution in [0.2, 0.25) is 0 Å². The van der Waals surface area contributed by atoms with Crippen molar-refractivity contribution in [2.24, 2.45) is 0 Å². The molecule has 0 aromatic heterocycles. The van der Waals surface area contributed by atoms with Gasteiger partial charge in [-0.15, -0.1) is 0 Å². The van der Waals surface area contributed by atoms with E-state index < -0.39 is 4.92 Å². The molecule has 0 spiro atoms.